The summed E-state index contributed by atoms with van der Waals surface area (Å²) in [5, 5.41) is 13.9. The van der Waals surface area contributed by atoms with Crippen molar-refractivity contribution in [2.24, 2.45) is 7.05 Å². The molecule has 0 fully saturated rings. The van der Waals surface area contributed by atoms with Crippen LogP contribution in [0.25, 0.3) is 27.7 Å². The highest BCUT2D eigenvalue weighted by Gasteiger charge is 2.10. The van der Waals surface area contributed by atoms with Crippen molar-refractivity contribution in [3.63, 3.8) is 0 Å². The average Bonchev–Trinajstić information content (AvgIpc) is 2.96. The first-order valence-corrected chi connectivity index (χ1v) is 5.10. The molecule has 0 N–H and O–H groups in total. The van der Waals surface area contributed by atoms with Crippen LogP contribution in [-0.2, 0) is 7.05 Å². The molecule has 7 nitrogen and oxygen atoms in total. The third-order valence-electron chi connectivity index (χ3n) is 2.82. The smallest absolute Gasteiger partial charge is 0.232 e. The van der Waals surface area contributed by atoms with Gasteiger partial charge in [0.1, 0.15) is 6.33 Å². The zero-order chi connectivity index (χ0) is 11.4. The highest BCUT2D eigenvalue weighted by Crippen LogP contribution is 2.21. The number of hydrogen-bond acceptors (Lipinski definition) is 5. The summed E-state index contributed by atoms with van der Waals surface area (Å²) in [6.07, 6.45) is 6.98. The summed E-state index contributed by atoms with van der Waals surface area (Å²) < 4.78 is 3.69. The zero-order valence-corrected chi connectivity index (χ0v) is 8.94. The Balaban J connectivity index is 2.43. The normalized spacial score (nSPS) is 11.8. The molecular formula is C10H7N7. The summed E-state index contributed by atoms with van der Waals surface area (Å²) >= 11 is 0. The van der Waals surface area contributed by atoms with E-state index in [1.807, 2.05) is 17.8 Å². The molecule has 0 spiro atoms. The first-order chi connectivity index (χ1) is 8.34. The molecule has 0 saturated heterocycles. The van der Waals surface area contributed by atoms with E-state index in [0.717, 1.165) is 22.1 Å². The molecule has 82 valence electrons. The highest BCUT2D eigenvalue weighted by atomic mass is 15.3. The van der Waals surface area contributed by atoms with Crippen molar-refractivity contribution in [3.05, 3.63) is 24.9 Å². The number of hydrogen-bond donors (Lipinski definition) is 0. The van der Waals surface area contributed by atoms with Crippen molar-refractivity contribution < 1.29 is 0 Å². The molecule has 4 heterocycles. The maximum Gasteiger partial charge on any atom is 0.232 e. The summed E-state index contributed by atoms with van der Waals surface area (Å²) in [6, 6.07) is 0. The van der Waals surface area contributed by atoms with E-state index in [2.05, 4.69) is 25.3 Å². The highest BCUT2D eigenvalue weighted by molar-refractivity contribution is 6.01. The summed E-state index contributed by atoms with van der Waals surface area (Å²) in [6.45, 7) is 0. The molecule has 7 heteroatoms. The van der Waals surface area contributed by atoms with E-state index < -0.39 is 0 Å². The summed E-state index contributed by atoms with van der Waals surface area (Å²) in [7, 11) is 1.93. The van der Waals surface area contributed by atoms with Gasteiger partial charge in [-0.05, 0) is 0 Å². The Bertz CT molecular complexity index is 857. The molecule has 0 aliphatic carbocycles. The Kier molecular flexibility index (Phi) is 1.39. The Labute approximate surface area is 94.7 Å². The fraction of sp³-hybridized carbons (Fsp3) is 0.100. The first-order valence-electron chi connectivity index (χ1n) is 5.10. The van der Waals surface area contributed by atoms with E-state index >= 15 is 0 Å². The van der Waals surface area contributed by atoms with Crippen LogP contribution in [0.1, 0.15) is 0 Å². The van der Waals surface area contributed by atoms with Crippen LogP contribution in [0.3, 0.4) is 0 Å². The maximum absolute atomic E-state index is 4.25. The number of aryl methyl sites for hydroxylation is 1. The van der Waals surface area contributed by atoms with Gasteiger partial charge in [0, 0.05) is 24.8 Å². The summed E-state index contributed by atoms with van der Waals surface area (Å²) in [4.78, 5) is 8.47. The summed E-state index contributed by atoms with van der Waals surface area (Å²) in [5.41, 5.74) is 1.56. The van der Waals surface area contributed by atoms with E-state index in [4.69, 9.17) is 0 Å². The Morgan fingerprint density at radius 2 is 2.12 bits per heavy atom. The molecule has 17 heavy (non-hydrogen) atoms. The van der Waals surface area contributed by atoms with Gasteiger partial charge in [-0.25, -0.2) is 4.98 Å². The standard InChI is InChI=1S/C10H7N7/c1-16-4-6-2-11-9-7(3-13-15-9)8(6)17-10(16)12-5-14-17/h2-5H,1H3. The van der Waals surface area contributed by atoms with Gasteiger partial charge in [-0.2, -0.15) is 19.7 Å². The second-order valence-electron chi connectivity index (χ2n) is 3.86. The van der Waals surface area contributed by atoms with E-state index in [1.54, 1.807) is 16.9 Å². The number of fused-ring (bicyclic) bond motifs is 5. The minimum absolute atomic E-state index is 0.628. The molecule has 0 saturated carbocycles. The Morgan fingerprint density at radius 1 is 1.18 bits per heavy atom. The van der Waals surface area contributed by atoms with Gasteiger partial charge in [-0.15, -0.1) is 5.10 Å². The van der Waals surface area contributed by atoms with Gasteiger partial charge in [0.15, 0.2) is 5.65 Å². The minimum atomic E-state index is 0.628. The Morgan fingerprint density at radius 3 is 3.06 bits per heavy atom. The molecule has 4 aromatic rings. The molecular weight excluding hydrogens is 218 g/mol. The van der Waals surface area contributed by atoms with Gasteiger partial charge in [0.25, 0.3) is 0 Å². The SMILES string of the molecule is Cn1cc2cnc3nncc3c2n2ncnc12. The van der Waals surface area contributed by atoms with E-state index in [9.17, 15) is 0 Å². The molecule has 0 bridgehead atoms. The van der Waals surface area contributed by atoms with Gasteiger partial charge < -0.3 is 4.57 Å². The van der Waals surface area contributed by atoms with Crippen LogP contribution in [0.2, 0.25) is 0 Å². The lowest BCUT2D eigenvalue weighted by Crippen LogP contribution is -2.01. The first kappa shape index (κ1) is 8.57. The van der Waals surface area contributed by atoms with Gasteiger partial charge in [0.05, 0.1) is 17.1 Å². The summed E-state index contributed by atoms with van der Waals surface area (Å²) in [5.74, 6) is 0.770. The molecule has 0 amide bonds. The predicted molar refractivity (Wildman–Crippen MR) is 60.4 cm³/mol. The van der Waals surface area contributed by atoms with Crippen molar-refractivity contribution >= 4 is 27.7 Å². The van der Waals surface area contributed by atoms with Gasteiger partial charge in [-0.1, -0.05) is 0 Å². The van der Waals surface area contributed by atoms with Crippen LogP contribution in [0.5, 0.6) is 0 Å². The Hall–Kier alpha value is -2.57. The topological polar surface area (TPSA) is 73.8 Å². The van der Waals surface area contributed by atoms with Crippen molar-refractivity contribution in [2.75, 3.05) is 0 Å². The fourth-order valence-corrected chi connectivity index (χ4v) is 2.09. The van der Waals surface area contributed by atoms with Crippen molar-refractivity contribution in [1.82, 2.24) is 34.3 Å². The van der Waals surface area contributed by atoms with E-state index in [-0.39, 0.29) is 0 Å². The van der Waals surface area contributed by atoms with Gasteiger partial charge in [0.2, 0.25) is 5.78 Å². The van der Waals surface area contributed by atoms with Crippen LogP contribution >= 0.6 is 0 Å². The van der Waals surface area contributed by atoms with Crippen LogP contribution < -0.4 is 0 Å². The second-order valence-corrected chi connectivity index (χ2v) is 3.86. The lowest BCUT2D eigenvalue weighted by molar-refractivity contribution is 0.870. The third-order valence-corrected chi connectivity index (χ3v) is 2.82. The van der Waals surface area contributed by atoms with Crippen molar-refractivity contribution in [3.8, 4) is 0 Å². The number of aromatic nitrogens is 7. The van der Waals surface area contributed by atoms with Gasteiger partial charge >= 0.3 is 0 Å². The predicted octanol–water partition coefficient (Wildman–Crippen LogP) is 0.559. The number of nitrogens with zero attached hydrogens (tertiary/aromatic N) is 7. The number of rotatable bonds is 0. The zero-order valence-electron chi connectivity index (χ0n) is 8.94. The number of pyridine rings is 1. The lowest BCUT2D eigenvalue weighted by atomic mass is 10.2. The fourth-order valence-electron chi connectivity index (χ4n) is 2.09. The lowest BCUT2D eigenvalue weighted by Gasteiger charge is -2.05. The quantitative estimate of drug-likeness (QED) is 0.437. The van der Waals surface area contributed by atoms with Crippen LogP contribution in [0.4, 0.5) is 0 Å². The van der Waals surface area contributed by atoms with Crippen molar-refractivity contribution in [1.29, 1.82) is 0 Å². The second kappa shape index (κ2) is 2.76. The van der Waals surface area contributed by atoms with Gasteiger partial charge in [-0.3, -0.25) is 0 Å². The maximum atomic E-state index is 4.25. The van der Waals surface area contributed by atoms with Crippen LogP contribution in [0.15, 0.2) is 24.9 Å². The molecule has 0 aliphatic heterocycles. The average molecular weight is 225 g/mol. The molecule has 4 aromatic heterocycles. The third kappa shape index (κ3) is 0.975. The molecule has 0 radical (unpaired) electrons. The molecule has 0 aromatic carbocycles. The monoisotopic (exact) mass is 225 g/mol. The van der Waals surface area contributed by atoms with E-state index in [1.165, 1.54) is 6.33 Å². The molecule has 4 rings (SSSR count). The van der Waals surface area contributed by atoms with Crippen LogP contribution in [-0.4, -0.2) is 34.3 Å². The van der Waals surface area contributed by atoms with Crippen LogP contribution in [0, 0.1) is 0 Å². The van der Waals surface area contributed by atoms with Crippen molar-refractivity contribution in [2.45, 2.75) is 0 Å². The van der Waals surface area contributed by atoms with E-state index in [0.29, 0.717) is 5.65 Å². The molecule has 0 atom stereocenters. The molecule has 0 aliphatic rings. The largest absolute Gasteiger partial charge is 0.319 e. The molecule has 0 unspecified atom stereocenters. The minimum Gasteiger partial charge on any atom is -0.319 e.